The van der Waals surface area contributed by atoms with Gasteiger partial charge in [0.1, 0.15) is 5.75 Å². The Morgan fingerprint density at radius 1 is 1.40 bits per heavy atom. The summed E-state index contributed by atoms with van der Waals surface area (Å²) in [4.78, 5) is 16.0. The molecule has 0 atom stereocenters. The summed E-state index contributed by atoms with van der Waals surface area (Å²) in [6.45, 7) is 1.85. The molecule has 106 valence electrons. The van der Waals surface area contributed by atoms with Gasteiger partial charge in [-0.15, -0.1) is 11.3 Å². The zero-order valence-electron chi connectivity index (χ0n) is 11.3. The van der Waals surface area contributed by atoms with E-state index in [1.165, 1.54) is 16.9 Å². The number of rotatable bonds is 6. The molecule has 0 saturated heterocycles. The van der Waals surface area contributed by atoms with Gasteiger partial charge in [-0.2, -0.15) is 0 Å². The maximum Gasteiger partial charge on any atom is 0.308 e. The maximum atomic E-state index is 10.7. The molecule has 0 spiro atoms. The van der Waals surface area contributed by atoms with E-state index in [0.717, 1.165) is 26.4 Å². The number of carboxylic acids is 1. The van der Waals surface area contributed by atoms with Gasteiger partial charge in [0.15, 0.2) is 4.34 Å². The molecule has 1 aromatic carbocycles. The standard InChI is InChI=1S/C14H15NO3S2/c1-9-12(7-13(16)17)20-14(15-9)19-8-10-3-5-11(18-2)6-4-10/h3-6H,7-8H2,1-2H3,(H,16,17). The fourth-order valence-electron chi connectivity index (χ4n) is 1.63. The van der Waals surface area contributed by atoms with Gasteiger partial charge in [-0.25, -0.2) is 4.98 Å². The summed E-state index contributed by atoms with van der Waals surface area (Å²) in [6.07, 6.45) is 0.0482. The number of benzene rings is 1. The first-order chi connectivity index (χ1) is 9.58. The lowest BCUT2D eigenvalue weighted by Gasteiger charge is -2.01. The van der Waals surface area contributed by atoms with Crippen molar-refractivity contribution in [2.45, 2.75) is 23.4 Å². The lowest BCUT2D eigenvalue weighted by molar-refractivity contribution is -0.136. The van der Waals surface area contributed by atoms with Crippen LogP contribution in [0, 0.1) is 6.92 Å². The third-order valence-electron chi connectivity index (χ3n) is 2.71. The van der Waals surface area contributed by atoms with E-state index in [0.29, 0.717) is 0 Å². The number of aliphatic carboxylic acids is 1. The zero-order chi connectivity index (χ0) is 14.5. The molecule has 0 fully saturated rings. The Morgan fingerprint density at radius 2 is 2.10 bits per heavy atom. The van der Waals surface area contributed by atoms with Crippen LogP contribution in [0.1, 0.15) is 16.1 Å². The van der Waals surface area contributed by atoms with Crippen molar-refractivity contribution in [3.63, 3.8) is 0 Å². The van der Waals surface area contributed by atoms with E-state index < -0.39 is 5.97 Å². The normalized spacial score (nSPS) is 10.5. The Hall–Kier alpha value is -1.53. The van der Waals surface area contributed by atoms with Gasteiger partial charge < -0.3 is 9.84 Å². The molecular formula is C14H15NO3S2. The minimum absolute atomic E-state index is 0.0482. The van der Waals surface area contributed by atoms with Crippen LogP contribution in [0.15, 0.2) is 28.6 Å². The quantitative estimate of drug-likeness (QED) is 0.829. The van der Waals surface area contributed by atoms with Crippen LogP contribution in [0.4, 0.5) is 0 Å². The number of aryl methyl sites for hydroxylation is 1. The van der Waals surface area contributed by atoms with Crippen molar-refractivity contribution in [1.29, 1.82) is 0 Å². The first-order valence-electron chi connectivity index (χ1n) is 6.02. The lowest BCUT2D eigenvalue weighted by atomic mass is 10.2. The highest BCUT2D eigenvalue weighted by Crippen LogP contribution is 2.30. The lowest BCUT2D eigenvalue weighted by Crippen LogP contribution is -1.99. The van der Waals surface area contributed by atoms with Crippen molar-refractivity contribution in [1.82, 2.24) is 4.98 Å². The first kappa shape index (κ1) is 14.9. The second-order valence-electron chi connectivity index (χ2n) is 4.20. The molecule has 0 unspecified atom stereocenters. The van der Waals surface area contributed by atoms with Crippen LogP contribution in [-0.2, 0) is 17.0 Å². The van der Waals surface area contributed by atoms with Crippen molar-refractivity contribution in [2.24, 2.45) is 0 Å². The summed E-state index contributed by atoms with van der Waals surface area (Å²) in [5.41, 5.74) is 2.00. The largest absolute Gasteiger partial charge is 0.497 e. The van der Waals surface area contributed by atoms with E-state index in [9.17, 15) is 4.79 Å². The van der Waals surface area contributed by atoms with Gasteiger partial charge in [0.05, 0.1) is 19.2 Å². The first-order valence-corrected chi connectivity index (χ1v) is 7.82. The number of methoxy groups -OCH3 is 1. The SMILES string of the molecule is COc1ccc(CSc2nc(C)c(CC(=O)O)s2)cc1. The molecule has 0 bridgehead atoms. The van der Waals surface area contributed by atoms with E-state index in [-0.39, 0.29) is 6.42 Å². The highest BCUT2D eigenvalue weighted by molar-refractivity contribution is 8.00. The van der Waals surface area contributed by atoms with Gasteiger partial charge in [-0.05, 0) is 24.6 Å². The Balaban J connectivity index is 1.97. The van der Waals surface area contributed by atoms with Crippen LogP contribution in [0.25, 0.3) is 0 Å². The van der Waals surface area contributed by atoms with E-state index >= 15 is 0 Å². The number of carboxylic acid groups (broad SMARTS) is 1. The molecule has 1 heterocycles. The molecule has 0 radical (unpaired) electrons. The summed E-state index contributed by atoms with van der Waals surface area (Å²) in [6, 6.07) is 7.90. The Labute approximate surface area is 125 Å². The van der Waals surface area contributed by atoms with Gasteiger partial charge in [-0.1, -0.05) is 23.9 Å². The van der Waals surface area contributed by atoms with E-state index in [4.69, 9.17) is 9.84 Å². The maximum absolute atomic E-state index is 10.7. The monoisotopic (exact) mass is 309 g/mol. The second kappa shape index (κ2) is 6.76. The Kier molecular flexibility index (Phi) is 5.03. The van der Waals surface area contributed by atoms with Crippen molar-refractivity contribution in [3.05, 3.63) is 40.4 Å². The summed E-state index contributed by atoms with van der Waals surface area (Å²) >= 11 is 3.08. The number of aromatic nitrogens is 1. The van der Waals surface area contributed by atoms with E-state index in [1.54, 1.807) is 18.9 Å². The topological polar surface area (TPSA) is 59.4 Å². The van der Waals surface area contributed by atoms with E-state index in [1.807, 2.05) is 31.2 Å². The van der Waals surface area contributed by atoms with Crippen LogP contribution >= 0.6 is 23.1 Å². The molecule has 2 aromatic rings. The van der Waals surface area contributed by atoms with Crippen molar-refractivity contribution >= 4 is 29.1 Å². The van der Waals surface area contributed by atoms with Gasteiger partial charge in [0, 0.05) is 10.6 Å². The van der Waals surface area contributed by atoms with Crippen LogP contribution in [0.5, 0.6) is 5.75 Å². The van der Waals surface area contributed by atoms with Gasteiger partial charge in [-0.3, -0.25) is 4.79 Å². The average Bonchev–Trinajstić information content (AvgIpc) is 2.77. The fourth-order valence-corrected chi connectivity index (χ4v) is 3.81. The summed E-state index contributed by atoms with van der Waals surface area (Å²) in [7, 11) is 1.64. The molecule has 0 aliphatic heterocycles. The van der Waals surface area contributed by atoms with Gasteiger partial charge >= 0.3 is 5.97 Å². The number of hydrogen-bond acceptors (Lipinski definition) is 5. The number of thiazole rings is 1. The Bertz CT molecular complexity index is 593. The van der Waals surface area contributed by atoms with E-state index in [2.05, 4.69) is 4.98 Å². The third-order valence-corrected chi connectivity index (χ3v) is 5.08. The zero-order valence-corrected chi connectivity index (χ0v) is 12.9. The molecular weight excluding hydrogens is 294 g/mol. The molecule has 0 aliphatic carbocycles. The van der Waals surface area contributed by atoms with Crippen molar-refractivity contribution in [2.75, 3.05) is 7.11 Å². The van der Waals surface area contributed by atoms with Crippen molar-refractivity contribution < 1.29 is 14.6 Å². The van der Waals surface area contributed by atoms with Gasteiger partial charge in [0.2, 0.25) is 0 Å². The molecule has 20 heavy (non-hydrogen) atoms. The van der Waals surface area contributed by atoms with Crippen molar-refractivity contribution in [3.8, 4) is 5.75 Å². The summed E-state index contributed by atoms with van der Waals surface area (Å²) in [5.74, 6) is 0.833. The number of thioether (sulfide) groups is 1. The predicted octanol–water partition coefficient (Wildman–Crippen LogP) is 3.38. The molecule has 0 amide bonds. The van der Waals surface area contributed by atoms with Gasteiger partial charge in [0.25, 0.3) is 0 Å². The summed E-state index contributed by atoms with van der Waals surface area (Å²) < 4.78 is 6.03. The number of carbonyl (C=O) groups is 1. The molecule has 2 rings (SSSR count). The molecule has 4 nitrogen and oxygen atoms in total. The van der Waals surface area contributed by atoms with Crippen LogP contribution in [-0.4, -0.2) is 23.2 Å². The molecule has 0 aliphatic rings. The number of ether oxygens (including phenoxy) is 1. The third kappa shape index (κ3) is 3.98. The molecule has 0 saturated carbocycles. The van der Waals surface area contributed by atoms with Crippen LogP contribution in [0.3, 0.4) is 0 Å². The smallest absolute Gasteiger partial charge is 0.308 e. The molecule has 1 aromatic heterocycles. The minimum Gasteiger partial charge on any atom is -0.497 e. The van der Waals surface area contributed by atoms with Crippen LogP contribution < -0.4 is 4.74 Å². The Morgan fingerprint density at radius 3 is 2.70 bits per heavy atom. The average molecular weight is 309 g/mol. The van der Waals surface area contributed by atoms with Crippen LogP contribution in [0.2, 0.25) is 0 Å². The fraction of sp³-hybridized carbons (Fsp3) is 0.286. The number of hydrogen-bond donors (Lipinski definition) is 1. The molecule has 1 N–H and O–H groups in total. The second-order valence-corrected chi connectivity index (χ2v) is 6.50. The minimum atomic E-state index is -0.816. The summed E-state index contributed by atoms with van der Waals surface area (Å²) in [5, 5.41) is 8.82. The predicted molar refractivity (Wildman–Crippen MR) is 80.7 cm³/mol. The number of nitrogens with zero attached hydrogens (tertiary/aromatic N) is 1. The highest BCUT2D eigenvalue weighted by Gasteiger charge is 2.11. The highest BCUT2D eigenvalue weighted by atomic mass is 32.2. The molecule has 6 heteroatoms.